The van der Waals surface area contributed by atoms with Gasteiger partial charge in [0, 0.05) is 24.0 Å². The number of aryl methyl sites for hydroxylation is 1. The van der Waals surface area contributed by atoms with E-state index in [4.69, 9.17) is 4.98 Å². The van der Waals surface area contributed by atoms with Gasteiger partial charge >= 0.3 is 0 Å². The second-order valence-electron chi connectivity index (χ2n) is 5.44. The summed E-state index contributed by atoms with van der Waals surface area (Å²) in [5, 5.41) is 4.47. The van der Waals surface area contributed by atoms with E-state index in [0.717, 1.165) is 18.9 Å². The molecule has 102 valence electrons. The maximum atomic E-state index is 4.85. The quantitative estimate of drug-likeness (QED) is 0.823. The summed E-state index contributed by atoms with van der Waals surface area (Å²) >= 11 is 1.87. The van der Waals surface area contributed by atoms with Crippen molar-refractivity contribution >= 4 is 16.5 Å². The highest BCUT2D eigenvalue weighted by Gasteiger charge is 2.27. The first kappa shape index (κ1) is 13.8. The molecule has 1 aliphatic carbocycles. The van der Waals surface area contributed by atoms with E-state index < -0.39 is 0 Å². The molecule has 0 unspecified atom stereocenters. The van der Waals surface area contributed by atoms with Gasteiger partial charge in [-0.3, -0.25) is 0 Å². The van der Waals surface area contributed by atoms with Crippen molar-refractivity contribution in [3.05, 3.63) is 10.6 Å². The molecule has 1 heterocycles. The predicted molar refractivity (Wildman–Crippen MR) is 79.5 cm³/mol. The zero-order chi connectivity index (χ0) is 13.1. The number of aromatic nitrogens is 1. The molecule has 0 aromatic carbocycles. The third-order valence-electron chi connectivity index (χ3n) is 3.46. The van der Waals surface area contributed by atoms with Crippen molar-refractivity contribution in [1.29, 1.82) is 0 Å². The molecule has 0 bridgehead atoms. The lowest BCUT2D eigenvalue weighted by atomic mass is 10.3. The Morgan fingerprint density at radius 1 is 1.44 bits per heavy atom. The molecule has 0 saturated heterocycles. The van der Waals surface area contributed by atoms with E-state index in [9.17, 15) is 0 Å². The molecule has 4 heteroatoms. The Hall–Kier alpha value is -0.610. The van der Waals surface area contributed by atoms with Crippen LogP contribution in [0.1, 0.15) is 44.2 Å². The van der Waals surface area contributed by atoms with Gasteiger partial charge in [-0.1, -0.05) is 6.92 Å². The van der Waals surface area contributed by atoms with E-state index in [-0.39, 0.29) is 0 Å². The summed E-state index contributed by atoms with van der Waals surface area (Å²) in [5.41, 5.74) is 1.27. The smallest absolute Gasteiger partial charge is 0.186 e. The molecule has 1 aromatic heterocycles. The van der Waals surface area contributed by atoms with Crippen LogP contribution in [-0.4, -0.2) is 24.6 Å². The van der Waals surface area contributed by atoms with Gasteiger partial charge in [-0.05, 0) is 46.1 Å². The lowest BCUT2D eigenvalue weighted by Gasteiger charge is -2.26. The van der Waals surface area contributed by atoms with Crippen LogP contribution in [-0.2, 0) is 13.0 Å². The minimum Gasteiger partial charge on any atom is -0.345 e. The second-order valence-corrected chi connectivity index (χ2v) is 6.50. The summed E-state index contributed by atoms with van der Waals surface area (Å²) in [4.78, 5) is 8.74. The summed E-state index contributed by atoms with van der Waals surface area (Å²) in [6, 6.07) is 0.545. The van der Waals surface area contributed by atoms with Gasteiger partial charge in [-0.2, -0.15) is 0 Å². The van der Waals surface area contributed by atoms with Crippen LogP contribution in [0.4, 0.5) is 5.13 Å². The van der Waals surface area contributed by atoms with Crippen molar-refractivity contribution in [2.45, 2.75) is 52.6 Å². The molecule has 1 aliphatic rings. The second kappa shape index (κ2) is 6.02. The number of anilines is 1. The summed E-state index contributed by atoms with van der Waals surface area (Å²) in [7, 11) is 2.00. The molecule has 18 heavy (non-hydrogen) atoms. The minimum atomic E-state index is 0.545. The topological polar surface area (TPSA) is 28.2 Å². The van der Waals surface area contributed by atoms with Gasteiger partial charge in [0.05, 0.1) is 5.69 Å². The maximum absolute atomic E-state index is 4.85. The van der Waals surface area contributed by atoms with Crippen LogP contribution in [0.15, 0.2) is 0 Å². The number of nitrogens with zero attached hydrogens (tertiary/aromatic N) is 2. The normalized spacial score (nSPS) is 15.4. The monoisotopic (exact) mass is 267 g/mol. The van der Waals surface area contributed by atoms with Crippen molar-refractivity contribution in [2.75, 3.05) is 18.5 Å². The van der Waals surface area contributed by atoms with Crippen molar-refractivity contribution < 1.29 is 0 Å². The van der Waals surface area contributed by atoms with Gasteiger partial charge in [0.25, 0.3) is 0 Å². The van der Waals surface area contributed by atoms with Gasteiger partial charge in [0.2, 0.25) is 0 Å². The highest BCUT2D eigenvalue weighted by atomic mass is 32.1. The molecule has 3 nitrogen and oxygen atoms in total. The van der Waals surface area contributed by atoms with Gasteiger partial charge in [-0.15, -0.1) is 11.3 Å². The Morgan fingerprint density at radius 2 is 2.17 bits per heavy atom. The molecule has 1 N–H and O–H groups in total. The van der Waals surface area contributed by atoms with Crippen molar-refractivity contribution in [3.8, 4) is 0 Å². The SMILES string of the molecule is CCc1nc(N(CC2CC2)C(C)C)sc1CNC. The first-order valence-electron chi connectivity index (χ1n) is 7.05. The van der Waals surface area contributed by atoms with E-state index >= 15 is 0 Å². The van der Waals surface area contributed by atoms with Crippen LogP contribution in [0.25, 0.3) is 0 Å². The number of thiazole rings is 1. The van der Waals surface area contributed by atoms with Crippen LogP contribution in [0.5, 0.6) is 0 Å². The number of hydrogen-bond donors (Lipinski definition) is 1. The summed E-state index contributed by atoms with van der Waals surface area (Å²) < 4.78 is 0. The Bertz CT molecular complexity index is 382. The fraction of sp³-hybridized carbons (Fsp3) is 0.786. The average Bonchev–Trinajstić information content (AvgIpc) is 3.07. The molecule has 0 atom stereocenters. The Kier molecular flexibility index (Phi) is 4.62. The average molecular weight is 267 g/mol. The van der Waals surface area contributed by atoms with Crippen LogP contribution in [0, 0.1) is 5.92 Å². The standard InChI is InChI=1S/C14H25N3S/c1-5-12-13(8-15-4)18-14(16-12)17(10(2)3)9-11-6-7-11/h10-11,15H,5-9H2,1-4H3. The lowest BCUT2D eigenvalue weighted by Crippen LogP contribution is -2.32. The van der Waals surface area contributed by atoms with E-state index in [1.807, 2.05) is 18.4 Å². The lowest BCUT2D eigenvalue weighted by molar-refractivity contribution is 0.642. The summed E-state index contributed by atoms with van der Waals surface area (Å²) in [6.45, 7) is 8.86. The fourth-order valence-electron chi connectivity index (χ4n) is 2.16. The Labute approximate surface area is 115 Å². The van der Waals surface area contributed by atoms with E-state index in [0.29, 0.717) is 6.04 Å². The number of hydrogen-bond acceptors (Lipinski definition) is 4. The molecule has 0 spiro atoms. The zero-order valence-corrected chi connectivity index (χ0v) is 12.8. The Morgan fingerprint density at radius 3 is 2.67 bits per heavy atom. The van der Waals surface area contributed by atoms with Gasteiger partial charge in [0.1, 0.15) is 0 Å². The van der Waals surface area contributed by atoms with E-state index in [1.165, 1.54) is 35.1 Å². The summed E-state index contributed by atoms with van der Waals surface area (Å²) in [5.74, 6) is 0.911. The molecule has 1 saturated carbocycles. The number of nitrogens with one attached hydrogen (secondary N) is 1. The molecule has 2 rings (SSSR count). The minimum absolute atomic E-state index is 0.545. The van der Waals surface area contributed by atoms with Gasteiger partial charge < -0.3 is 10.2 Å². The predicted octanol–water partition coefficient (Wildman–Crippen LogP) is 3.05. The van der Waals surface area contributed by atoms with Crippen LogP contribution in [0.3, 0.4) is 0 Å². The highest BCUT2D eigenvalue weighted by molar-refractivity contribution is 7.15. The van der Waals surface area contributed by atoms with E-state index in [1.54, 1.807) is 0 Å². The molecule has 0 aliphatic heterocycles. The maximum Gasteiger partial charge on any atom is 0.186 e. The highest BCUT2D eigenvalue weighted by Crippen LogP contribution is 2.34. The number of rotatable bonds is 7. The molecule has 1 fully saturated rings. The van der Waals surface area contributed by atoms with Crippen molar-refractivity contribution in [3.63, 3.8) is 0 Å². The van der Waals surface area contributed by atoms with Crippen LogP contribution in [0.2, 0.25) is 0 Å². The molecule has 0 radical (unpaired) electrons. The molecular weight excluding hydrogens is 242 g/mol. The van der Waals surface area contributed by atoms with E-state index in [2.05, 4.69) is 31.0 Å². The first-order valence-corrected chi connectivity index (χ1v) is 7.87. The fourth-order valence-corrected chi connectivity index (χ4v) is 3.46. The Balaban J connectivity index is 2.17. The van der Waals surface area contributed by atoms with Crippen molar-refractivity contribution in [2.24, 2.45) is 5.92 Å². The molecular formula is C14H25N3S. The molecule has 0 amide bonds. The third-order valence-corrected chi connectivity index (χ3v) is 4.59. The third kappa shape index (κ3) is 3.23. The summed E-state index contributed by atoms with van der Waals surface area (Å²) in [6.07, 6.45) is 3.83. The molecule has 1 aromatic rings. The van der Waals surface area contributed by atoms with Gasteiger partial charge in [0.15, 0.2) is 5.13 Å². The van der Waals surface area contributed by atoms with Crippen LogP contribution >= 0.6 is 11.3 Å². The van der Waals surface area contributed by atoms with Gasteiger partial charge in [-0.25, -0.2) is 4.98 Å². The largest absolute Gasteiger partial charge is 0.345 e. The van der Waals surface area contributed by atoms with Crippen molar-refractivity contribution in [1.82, 2.24) is 10.3 Å². The van der Waals surface area contributed by atoms with Crippen LogP contribution < -0.4 is 10.2 Å². The zero-order valence-electron chi connectivity index (χ0n) is 12.0. The first-order chi connectivity index (χ1) is 8.65.